The lowest BCUT2D eigenvalue weighted by atomic mass is 10.0. The minimum absolute atomic E-state index is 0.00928. The molecule has 38 heavy (non-hydrogen) atoms. The second kappa shape index (κ2) is 11.0. The van der Waals surface area contributed by atoms with Crippen molar-refractivity contribution in [1.29, 1.82) is 5.26 Å². The minimum Gasteiger partial charge on any atom is -0.486 e. The van der Waals surface area contributed by atoms with Gasteiger partial charge in [0.05, 0.1) is 12.1 Å². The molecule has 2 amide bonds. The van der Waals surface area contributed by atoms with Gasteiger partial charge in [-0.25, -0.2) is 4.39 Å². The number of likely N-dealkylation sites (tertiary alicyclic amines) is 1. The zero-order chi connectivity index (χ0) is 26.6. The van der Waals surface area contributed by atoms with Crippen molar-refractivity contribution < 1.29 is 23.8 Å². The molecule has 1 saturated heterocycles. The number of nitrogens with zero attached hydrogens (tertiary/aromatic N) is 2. The van der Waals surface area contributed by atoms with Crippen LogP contribution in [-0.4, -0.2) is 53.8 Å². The molecule has 7 nitrogen and oxygen atoms in total. The fraction of sp³-hybridized carbons (Fsp3) is 0.300. The van der Waals surface area contributed by atoms with Crippen LogP contribution in [0, 0.1) is 17.2 Å². The molecular weight excluding hydrogens is 485 g/mol. The molecular formula is C30H28FN3O4. The van der Waals surface area contributed by atoms with Gasteiger partial charge in [0.2, 0.25) is 11.8 Å². The summed E-state index contributed by atoms with van der Waals surface area (Å²) in [5.74, 6) is -0.0484. The molecule has 194 valence electrons. The van der Waals surface area contributed by atoms with Crippen LogP contribution in [0.15, 0.2) is 72.8 Å². The van der Waals surface area contributed by atoms with Crippen LogP contribution in [0.4, 0.5) is 10.1 Å². The van der Waals surface area contributed by atoms with Gasteiger partial charge in [-0.2, -0.15) is 5.26 Å². The van der Waals surface area contributed by atoms with E-state index < -0.39 is 24.8 Å². The Labute approximate surface area is 220 Å². The van der Waals surface area contributed by atoms with Crippen molar-refractivity contribution >= 4 is 17.5 Å². The second-order valence-corrected chi connectivity index (χ2v) is 9.71. The quantitative estimate of drug-likeness (QED) is 0.491. The number of halogens is 1. The predicted molar refractivity (Wildman–Crippen MR) is 140 cm³/mol. The largest absolute Gasteiger partial charge is 0.486 e. The van der Waals surface area contributed by atoms with E-state index >= 15 is 0 Å². The molecule has 1 heterocycles. The highest BCUT2D eigenvalue weighted by atomic mass is 19.1. The maximum absolute atomic E-state index is 14.7. The van der Waals surface area contributed by atoms with E-state index in [0.717, 1.165) is 17.5 Å². The average Bonchev–Trinajstić information content (AvgIpc) is 3.76. The summed E-state index contributed by atoms with van der Waals surface area (Å²) in [7, 11) is 0. The number of ether oxygens (including phenoxy) is 1. The summed E-state index contributed by atoms with van der Waals surface area (Å²) in [5.41, 5.74) is 3.70. The molecule has 0 aromatic heterocycles. The van der Waals surface area contributed by atoms with Crippen LogP contribution in [0.3, 0.4) is 0 Å². The van der Waals surface area contributed by atoms with Gasteiger partial charge in [0.15, 0.2) is 6.17 Å². The van der Waals surface area contributed by atoms with Gasteiger partial charge in [0, 0.05) is 24.6 Å². The van der Waals surface area contributed by atoms with E-state index in [1.54, 1.807) is 18.2 Å². The molecule has 2 aliphatic rings. The van der Waals surface area contributed by atoms with Crippen LogP contribution in [0.25, 0.3) is 11.1 Å². The third-order valence-corrected chi connectivity index (χ3v) is 7.17. The number of alkyl halides is 1. The highest BCUT2D eigenvalue weighted by Crippen LogP contribution is 2.48. The highest BCUT2D eigenvalue weighted by Gasteiger charge is 2.43. The van der Waals surface area contributed by atoms with Gasteiger partial charge in [-0.15, -0.1) is 0 Å². The van der Waals surface area contributed by atoms with Crippen LogP contribution in [-0.2, 0) is 9.59 Å². The summed E-state index contributed by atoms with van der Waals surface area (Å²) in [6.07, 6.45) is -1.14. The zero-order valence-electron chi connectivity index (χ0n) is 20.7. The molecule has 4 atom stereocenters. The number of carbonyl (C=O) groups is 2. The Balaban J connectivity index is 1.25. The standard InChI is InChI=1S/C30H28FN3O4/c31-26-17-34(29(36)18-35)12-11-28(26)38-27-10-9-21(13-22(27)16-32)20-7-4-8-23(14-20)33-30(37)25-15-24(25)19-5-2-1-3-6-19/h1-10,13-14,24-26,28,35H,11-12,15,17-18H2,(H,33,37)/t24-,25-,26-,28+/m1/s1. The topological polar surface area (TPSA) is 103 Å². The number of aliphatic hydroxyl groups excluding tert-OH is 1. The lowest BCUT2D eigenvalue weighted by Crippen LogP contribution is -2.50. The monoisotopic (exact) mass is 513 g/mol. The normalized spacial score (nSPS) is 22.3. The van der Waals surface area contributed by atoms with Crippen LogP contribution in [0.1, 0.15) is 29.9 Å². The number of aliphatic hydroxyl groups is 1. The fourth-order valence-electron chi connectivity index (χ4n) is 4.97. The van der Waals surface area contributed by atoms with Gasteiger partial charge >= 0.3 is 0 Å². The summed E-state index contributed by atoms with van der Waals surface area (Å²) >= 11 is 0. The second-order valence-electron chi connectivity index (χ2n) is 9.71. The zero-order valence-corrected chi connectivity index (χ0v) is 20.7. The maximum atomic E-state index is 14.7. The summed E-state index contributed by atoms with van der Waals surface area (Å²) in [6.45, 7) is -0.538. The van der Waals surface area contributed by atoms with E-state index in [2.05, 4.69) is 11.4 Å². The van der Waals surface area contributed by atoms with Crippen molar-refractivity contribution in [3.05, 3.63) is 83.9 Å². The molecule has 2 fully saturated rings. The van der Waals surface area contributed by atoms with Crippen molar-refractivity contribution in [2.24, 2.45) is 5.92 Å². The first-order valence-corrected chi connectivity index (χ1v) is 12.7. The third kappa shape index (κ3) is 5.53. The van der Waals surface area contributed by atoms with Crippen molar-refractivity contribution in [1.82, 2.24) is 4.90 Å². The number of rotatable bonds is 7. The number of hydrogen-bond donors (Lipinski definition) is 2. The van der Waals surface area contributed by atoms with E-state index in [1.165, 1.54) is 10.5 Å². The van der Waals surface area contributed by atoms with Crippen LogP contribution < -0.4 is 10.1 Å². The number of benzene rings is 3. The Morgan fingerprint density at radius 3 is 2.61 bits per heavy atom. The van der Waals surface area contributed by atoms with Crippen molar-refractivity contribution in [2.45, 2.75) is 31.0 Å². The van der Waals surface area contributed by atoms with Gasteiger partial charge in [-0.3, -0.25) is 9.59 Å². The number of nitrogens with one attached hydrogen (secondary N) is 1. The van der Waals surface area contributed by atoms with Gasteiger partial charge in [0.1, 0.15) is 24.5 Å². The van der Waals surface area contributed by atoms with Gasteiger partial charge in [-0.05, 0) is 53.3 Å². The Hall–Kier alpha value is -4.22. The Kier molecular flexibility index (Phi) is 7.38. The molecule has 0 bridgehead atoms. The van der Waals surface area contributed by atoms with E-state index in [1.807, 2.05) is 54.6 Å². The molecule has 5 rings (SSSR count). The molecule has 1 aliphatic heterocycles. The maximum Gasteiger partial charge on any atom is 0.248 e. The van der Waals surface area contributed by atoms with Gasteiger partial charge < -0.3 is 20.1 Å². The Morgan fingerprint density at radius 1 is 1.08 bits per heavy atom. The molecule has 0 radical (unpaired) electrons. The summed E-state index contributed by atoms with van der Waals surface area (Å²) in [6, 6.07) is 24.7. The summed E-state index contributed by atoms with van der Waals surface area (Å²) < 4.78 is 20.5. The van der Waals surface area contributed by atoms with Crippen LogP contribution >= 0.6 is 0 Å². The van der Waals surface area contributed by atoms with E-state index in [0.29, 0.717) is 5.69 Å². The molecule has 8 heteroatoms. The molecule has 1 saturated carbocycles. The molecule has 0 unspecified atom stereocenters. The smallest absolute Gasteiger partial charge is 0.248 e. The number of hydrogen-bond acceptors (Lipinski definition) is 5. The van der Waals surface area contributed by atoms with Crippen LogP contribution in [0.5, 0.6) is 5.75 Å². The van der Waals surface area contributed by atoms with Crippen molar-refractivity contribution in [3.63, 3.8) is 0 Å². The average molecular weight is 514 g/mol. The van der Waals surface area contributed by atoms with E-state index in [4.69, 9.17) is 9.84 Å². The van der Waals surface area contributed by atoms with E-state index in [9.17, 15) is 19.2 Å². The predicted octanol–water partition coefficient (Wildman–Crippen LogP) is 4.28. The fourth-order valence-corrected chi connectivity index (χ4v) is 4.97. The van der Waals surface area contributed by atoms with Gasteiger partial charge in [0.25, 0.3) is 0 Å². The molecule has 3 aromatic carbocycles. The number of carbonyl (C=O) groups excluding carboxylic acids is 2. The van der Waals surface area contributed by atoms with E-state index in [-0.39, 0.29) is 48.6 Å². The molecule has 2 N–H and O–H groups in total. The minimum atomic E-state index is -1.43. The number of amides is 2. The number of nitriles is 1. The lowest BCUT2D eigenvalue weighted by Gasteiger charge is -2.34. The first kappa shape index (κ1) is 25.4. The van der Waals surface area contributed by atoms with Crippen LogP contribution in [0.2, 0.25) is 0 Å². The molecule has 3 aromatic rings. The first-order chi connectivity index (χ1) is 18.5. The molecule has 1 aliphatic carbocycles. The summed E-state index contributed by atoms with van der Waals surface area (Å²) in [4.78, 5) is 25.7. The highest BCUT2D eigenvalue weighted by molar-refractivity contribution is 5.95. The van der Waals surface area contributed by atoms with Crippen molar-refractivity contribution in [2.75, 3.05) is 25.0 Å². The van der Waals surface area contributed by atoms with Gasteiger partial charge in [-0.1, -0.05) is 48.5 Å². The Bertz CT molecular complexity index is 1370. The summed E-state index contributed by atoms with van der Waals surface area (Å²) in [5, 5.41) is 21.7. The van der Waals surface area contributed by atoms with Crippen molar-refractivity contribution in [3.8, 4) is 22.9 Å². The first-order valence-electron chi connectivity index (χ1n) is 12.7. The molecule has 0 spiro atoms. The third-order valence-electron chi connectivity index (χ3n) is 7.17. The SMILES string of the molecule is N#Cc1cc(-c2cccc(NC(=O)[C@@H]3C[C@@H]3c3ccccc3)c2)ccc1O[C@H]1CCN(C(=O)CO)C[C@H]1F. The number of anilines is 1. The Morgan fingerprint density at radius 2 is 1.87 bits per heavy atom. The lowest BCUT2D eigenvalue weighted by molar-refractivity contribution is -0.138. The number of piperidine rings is 1.